The lowest BCUT2D eigenvalue weighted by Crippen LogP contribution is -2.56. The number of aromatic nitrogens is 1. The highest BCUT2D eigenvalue weighted by molar-refractivity contribution is 9.11. The normalized spacial score (nSPS) is 17.1. The van der Waals surface area contributed by atoms with Crippen molar-refractivity contribution in [2.75, 3.05) is 56.0 Å². The van der Waals surface area contributed by atoms with E-state index in [2.05, 4.69) is 57.1 Å². The van der Waals surface area contributed by atoms with Crippen LogP contribution in [0, 0.1) is 0 Å². The average molecular weight is 1010 g/mol. The number of unbranched alkanes of at least 4 members (excludes halogenated alkanes) is 1. The van der Waals surface area contributed by atoms with E-state index >= 15 is 0 Å². The Balaban J connectivity index is 1.18. The van der Waals surface area contributed by atoms with Gasteiger partial charge in [-0.3, -0.25) is 14.6 Å². The number of phenols is 1. The van der Waals surface area contributed by atoms with Crippen LogP contribution in [0.25, 0.3) is 0 Å². The maximum Gasteiger partial charge on any atom is 0.322 e. The summed E-state index contributed by atoms with van der Waals surface area (Å²) in [7, 11) is -4.20. The van der Waals surface area contributed by atoms with Crippen LogP contribution in [-0.4, -0.2) is 121 Å². The van der Waals surface area contributed by atoms with Crippen LogP contribution >= 0.6 is 31.9 Å². The van der Waals surface area contributed by atoms with Crippen molar-refractivity contribution >= 4 is 77.1 Å². The van der Waals surface area contributed by atoms with Gasteiger partial charge in [-0.2, -0.15) is 0 Å². The number of piperazine rings is 1. The van der Waals surface area contributed by atoms with E-state index in [1.807, 2.05) is 41.3 Å². The largest absolute Gasteiger partial charge is 0.506 e. The number of fused-ring (bicyclic) bond motifs is 1. The number of nitrogens with two attached hydrogens (primary N) is 1. The number of aliphatic imine (C=N–C) groups is 1. The minimum absolute atomic E-state index is 0.0122. The van der Waals surface area contributed by atoms with Gasteiger partial charge in [0.2, 0.25) is 17.8 Å². The van der Waals surface area contributed by atoms with Gasteiger partial charge in [-0.25, -0.2) is 22.9 Å². The van der Waals surface area contributed by atoms with Gasteiger partial charge < -0.3 is 41.1 Å². The van der Waals surface area contributed by atoms with Crippen LogP contribution < -0.4 is 26.0 Å². The second-order valence-corrected chi connectivity index (χ2v) is 19.2. The number of rotatable bonds is 14. The monoisotopic (exact) mass is 1010 g/mol. The summed E-state index contributed by atoms with van der Waals surface area (Å²) in [4.78, 5) is 58.9. The van der Waals surface area contributed by atoms with E-state index in [0.29, 0.717) is 99.0 Å². The minimum atomic E-state index is -4.20. The number of carbonyl (C=O) groups excluding carboxylic acids is 3. The van der Waals surface area contributed by atoms with E-state index in [1.54, 1.807) is 52.5 Å². The number of likely N-dealkylation sites (tertiary alicyclic amines) is 1. The highest BCUT2D eigenvalue weighted by Gasteiger charge is 2.35. The van der Waals surface area contributed by atoms with E-state index < -0.39 is 28.0 Å². The SMILES string of the molecule is NCCCC[C@H](NC(=O)[C@@H](Cc1cc(Br)c(O)c(Br)c1)N=C(NS(=O)(=O)c1ccccc1)N1CCC(N2Cc3ccccc3NC2=O)CC1)C(=O)N1CCN(c2ccncc2)CC1. The molecule has 6 N–H and O–H groups in total. The Morgan fingerprint density at radius 1 is 0.905 bits per heavy atom. The first-order chi connectivity index (χ1) is 30.4. The molecule has 0 saturated carbocycles. The van der Waals surface area contributed by atoms with Crippen molar-refractivity contribution < 1.29 is 27.9 Å². The molecule has 3 aliphatic heterocycles. The van der Waals surface area contributed by atoms with Crippen molar-refractivity contribution in [1.82, 2.24) is 29.7 Å². The number of guanidine groups is 1. The van der Waals surface area contributed by atoms with Crippen LogP contribution in [0.5, 0.6) is 5.75 Å². The average Bonchev–Trinajstić information content (AvgIpc) is 3.30. The summed E-state index contributed by atoms with van der Waals surface area (Å²) in [5.74, 6) is -0.861. The molecule has 2 atom stereocenters. The third kappa shape index (κ3) is 11.5. The van der Waals surface area contributed by atoms with Crippen molar-refractivity contribution in [2.45, 2.75) is 68.1 Å². The number of nitrogens with one attached hydrogen (secondary N) is 3. The van der Waals surface area contributed by atoms with Crippen LogP contribution in [0.3, 0.4) is 0 Å². The summed E-state index contributed by atoms with van der Waals surface area (Å²) in [6, 6.07) is 20.3. The zero-order chi connectivity index (χ0) is 44.5. The Hall–Kier alpha value is -5.24. The van der Waals surface area contributed by atoms with Crippen LogP contribution in [0.15, 0.2) is 110 Å². The summed E-state index contributed by atoms with van der Waals surface area (Å²) in [6.45, 7) is 3.63. The number of piperidine rings is 1. The Morgan fingerprint density at radius 2 is 1.57 bits per heavy atom. The molecule has 0 unspecified atom stereocenters. The van der Waals surface area contributed by atoms with Gasteiger partial charge in [-0.05, 0) is 124 Å². The summed E-state index contributed by atoms with van der Waals surface area (Å²) in [5.41, 5.74) is 9.26. The van der Waals surface area contributed by atoms with Gasteiger partial charge in [-0.1, -0.05) is 36.4 Å². The lowest BCUT2D eigenvalue weighted by molar-refractivity contribution is -0.137. The van der Waals surface area contributed by atoms with E-state index in [1.165, 1.54) is 12.1 Å². The molecule has 2 fully saturated rings. The molecule has 7 rings (SSSR count). The summed E-state index contributed by atoms with van der Waals surface area (Å²) < 4.78 is 31.5. The number of carbonyl (C=O) groups is 3. The molecular formula is C44H52Br2N10O6S. The number of benzene rings is 3. The highest BCUT2D eigenvalue weighted by Crippen LogP contribution is 2.34. The maximum absolute atomic E-state index is 14.8. The third-order valence-corrected chi connectivity index (χ3v) is 14.2. The number of amides is 4. The van der Waals surface area contributed by atoms with Crippen LogP contribution in [0.1, 0.15) is 43.2 Å². The van der Waals surface area contributed by atoms with Crippen molar-refractivity contribution in [3.05, 3.63) is 111 Å². The van der Waals surface area contributed by atoms with Crippen molar-refractivity contribution in [3.63, 3.8) is 0 Å². The van der Waals surface area contributed by atoms with Crippen LogP contribution in [0.4, 0.5) is 16.2 Å². The van der Waals surface area contributed by atoms with E-state index in [4.69, 9.17) is 10.7 Å². The van der Waals surface area contributed by atoms with Gasteiger partial charge >= 0.3 is 6.03 Å². The number of para-hydroxylation sites is 1. The predicted octanol–water partition coefficient (Wildman–Crippen LogP) is 5.03. The number of urea groups is 1. The lowest BCUT2D eigenvalue weighted by Gasteiger charge is -2.41. The number of hydrogen-bond acceptors (Lipinski definition) is 10. The zero-order valence-corrected chi connectivity index (χ0v) is 38.7. The standard InChI is InChI=1S/C44H52Br2N10O6S/c45-35-26-30(27-36(46)40(35)57)28-39(41(58)49-38(12-6-7-17-47)42(59)54-24-22-53(23-25-54)32-13-18-48-19-14-32)50-43(52-63(61,62)34-9-2-1-3-10-34)55-20-15-33(16-21-55)56-29-31-8-4-5-11-37(31)51-44(56)60/h1-5,8-11,13-14,18-19,26-27,33,38-39,57H,6-7,12,15-17,20-25,28-29,47H2,(H,49,58)(H,50,52)(H,51,60)/t38-,39+/m0/s1. The first-order valence-corrected chi connectivity index (χ1v) is 24.1. The topological polar surface area (TPSA) is 206 Å². The van der Waals surface area contributed by atoms with Gasteiger partial charge in [-0.15, -0.1) is 0 Å². The van der Waals surface area contributed by atoms with E-state index in [0.717, 1.165) is 16.9 Å². The lowest BCUT2D eigenvalue weighted by atomic mass is 10.0. The minimum Gasteiger partial charge on any atom is -0.506 e. The van der Waals surface area contributed by atoms with E-state index in [-0.39, 0.29) is 41.0 Å². The highest BCUT2D eigenvalue weighted by atomic mass is 79.9. The van der Waals surface area contributed by atoms with Crippen LogP contribution in [0.2, 0.25) is 0 Å². The van der Waals surface area contributed by atoms with Gasteiger partial charge in [0.1, 0.15) is 17.8 Å². The number of phenolic OH excluding ortho intramolecular Hbond substituents is 1. The van der Waals surface area contributed by atoms with Crippen molar-refractivity contribution in [2.24, 2.45) is 10.7 Å². The Kier molecular flexibility index (Phi) is 15.2. The number of nitrogens with zero attached hydrogens (tertiary/aromatic N) is 6. The summed E-state index contributed by atoms with van der Waals surface area (Å²) in [5, 5.41) is 16.5. The van der Waals surface area contributed by atoms with Gasteiger partial charge in [0.25, 0.3) is 10.0 Å². The first kappa shape index (κ1) is 45.8. The predicted molar refractivity (Wildman–Crippen MR) is 249 cm³/mol. The number of hydrogen-bond donors (Lipinski definition) is 5. The quantitative estimate of drug-likeness (QED) is 0.0648. The van der Waals surface area contributed by atoms with Crippen molar-refractivity contribution in [1.29, 1.82) is 0 Å². The molecule has 16 nitrogen and oxygen atoms in total. The second-order valence-electron chi connectivity index (χ2n) is 15.8. The summed E-state index contributed by atoms with van der Waals surface area (Å²) >= 11 is 6.79. The molecule has 1 aromatic heterocycles. The molecule has 4 heterocycles. The smallest absolute Gasteiger partial charge is 0.322 e. The first-order valence-electron chi connectivity index (χ1n) is 21.1. The second kappa shape index (κ2) is 21.0. The molecule has 4 aromatic rings. The molecule has 0 spiro atoms. The van der Waals surface area contributed by atoms with Crippen LogP contribution in [-0.2, 0) is 32.6 Å². The molecule has 0 radical (unpaired) electrons. The van der Waals surface area contributed by atoms with Gasteiger partial charge in [0.15, 0.2) is 0 Å². The molecule has 0 aliphatic carbocycles. The van der Waals surface area contributed by atoms with Crippen molar-refractivity contribution in [3.8, 4) is 5.75 Å². The molecule has 334 valence electrons. The van der Waals surface area contributed by atoms with Gasteiger partial charge in [0.05, 0.1) is 13.8 Å². The molecule has 19 heteroatoms. The van der Waals surface area contributed by atoms with Gasteiger partial charge in [0, 0.05) is 82.0 Å². The third-order valence-electron chi connectivity index (χ3n) is 11.6. The fraction of sp³-hybridized carbons (Fsp3) is 0.386. The Bertz CT molecular complexity index is 2360. The molecule has 63 heavy (non-hydrogen) atoms. The number of sulfonamides is 1. The molecule has 2 saturated heterocycles. The molecular weight excluding hydrogens is 956 g/mol. The number of aromatic hydroxyl groups is 1. The Morgan fingerprint density at radius 3 is 2.25 bits per heavy atom. The molecule has 0 bridgehead atoms. The number of pyridine rings is 1. The molecule has 3 aromatic carbocycles. The number of anilines is 2. The fourth-order valence-electron chi connectivity index (χ4n) is 8.14. The van der Waals surface area contributed by atoms with E-state index in [9.17, 15) is 27.9 Å². The summed E-state index contributed by atoms with van der Waals surface area (Å²) in [6.07, 6.45) is 6.04. The maximum atomic E-state index is 14.8. The number of halogens is 2. The Labute approximate surface area is 384 Å². The zero-order valence-electron chi connectivity index (χ0n) is 34.7. The fourth-order valence-corrected chi connectivity index (χ4v) is 10.5. The molecule has 3 aliphatic rings. The molecule has 4 amide bonds.